The number of nitrogens with two attached hydrogens (primary N) is 1. The van der Waals surface area contributed by atoms with Gasteiger partial charge in [0.2, 0.25) is 5.91 Å². The van der Waals surface area contributed by atoms with Gasteiger partial charge in [-0.25, -0.2) is 0 Å². The minimum Gasteiger partial charge on any atom is -0.355 e. The lowest BCUT2D eigenvalue weighted by molar-refractivity contribution is -0.126. The van der Waals surface area contributed by atoms with Crippen LogP contribution in [-0.2, 0) is 4.79 Å². The standard InChI is InChI=1S/C12H23N3O/c1-9-6-7-14-12(16)11(8-13)15(9)10-4-2-3-5-10/h9-11H,2-8,13H2,1H3,(H,14,16). The third kappa shape index (κ3) is 2.23. The molecule has 1 amide bonds. The van der Waals surface area contributed by atoms with Gasteiger partial charge < -0.3 is 11.1 Å². The molecular weight excluding hydrogens is 202 g/mol. The molecule has 4 nitrogen and oxygen atoms in total. The summed E-state index contributed by atoms with van der Waals surface area (Å²) in [6.07, 6.45) is 6.10. The maximum atomic E-state index is 11.9. The molecule has 0 spiro atoms. The lowest BCUT2D eigenvalue weighted by Gasteiger charge is -2.37. The van der Waals surface area contributed by atoms with Gasteiger partial charge in [0, 0.05) is 25.2 Å². The van der Waals surface area contributed by atoms with Gasteiger partial charge in [-0.2, -0.15) is 0 Å². The van der Waals surface area contributed by atoms with Gasteiger partial charge in [0.1, 0.15) is 6.04 Å². The summed E-state index contributed by atoms with van der Waals surface area (Å²) in [6, 6.07) is 0.934. The van der Waals surface area contributed by atoms with Crippen LogP contribution in [0.5, 0.6) is 0 Å². The van der Waals surface area contributed by atoms with Crippen molar-refractivity contribution in [1.29, 1.82) is 0 Å². The molecule has 0 aromatic heterocycles. The Morgan fingerprint density at radius 3 is 2.69 bits per heavy atom. The highest BCUT2D eigenvalue weighted by atomic mass is 16.2. The molecule has 2 unspecified atom stereocenters. The first-order valence-electron chi connectivity index (χ1n) is 6.49. The first-order chi connectivity index (χ1) is 7.74. The van der Waals surface area contributed by atoms with Gasteiger partial charge in [0.15, 0.2) is 0 Å². The Morgan fingerprint density at radius 1 is 1.38 bits per heavy atom. The molecule has 1 heterocycles. The Balaban J connectivity index is 2.16. The van der Waals surface area contributed by atoms with Gasteiger partial charge in [0.25, 0.3) is 0 Å². The predicted octanol–water partition coefficient (Wildman–Crippen LogP) is 0.467. The molecule has 4 heteroatoms. The fraction of sp³-hybridized carbons (Fsp3) is 0.917. The topological polar surface area (TPSA) is 58.4 Å². The Morgan fingerprint density at radius 2 is 2.06 bits per heavy atom. The van der Waals surface area contributed by atoms with E-state index in [9.17, 15) is 4.79 Å². The van der Waals surface area contributed by atoms with Crippen LogP contribution in [-0.4, -0.2) is 42.0 Å². The van der Waals surface area contributed by atoms with Crippen molar-refractivity contribution >= 4 is 5.91 Å². The van der Waals surface area contributed by atoms with E-state index in [2.05, 4.69) is 17.1 Å². The number of hydrogen-bond donors (Lipinski definition) is 2. The van der Waals surface area contributed by atoms with E-state index in [1.54, 1.807) is 0 Å². The van der Waals surface area contributed by atoms with Crippen molar-refractivity contribution in [1.82, 2.24) is 10.2 Å². The molecule has 1 saturated carbocycles. The number of nitrogens with zero attached hydrogens (tertiary/aromatic N) is 1. The number of nitrogens with one attached hydrogen (secondary N) is 1. The van der Waals surface area contributed by atoms with Gasteiger partial charge in [-0.15, -0.1) is 0 Å². The summed E-state index contributed by atoms with van der Waals surface area (Å²) < 4.78 is 0. The van der Waals surface area contributed by atoms with Gasteiger partial charge in [-0.1, -0.05) is 12.8 Å². The van der Waals surface area contributed by atoms with E-state index in [-0.39, 0.29) is 11.9 Å². The van der Waals surface area contributed by atoms with E-state index in [1.165, 1.54) is 25.7 Å². The maximum absolute atomic E-state index is 11.9. The Hall–Kier alpha value is -0.610. The fourth-order valence-electron chi connectivity index (χ4n) is 3.16. The summed E-state index contributed by atoms with van der Waals surface area (Å²) in [5, 5.41) is 2.97. The Kier molecular flexibility index (Phi) is 3.82. The van der Waals surface area contributed by atoms with Crippen LogP contribution >= 0.6 is 0 Å². The second kappa shape index (κ2) is 5.15. The van der Waals surface area contributed by atoms with Crippen LogP contribution in [0.15, 0.2) is 0 Å². The lowest BCUT2D eigenvalue weighted by Crippen LogP contribution is -2.54. The summed E-state index contributed by atoms with van der Waals surface area (Å²) in [4.78, 5) is 14.3. The van der Waals surface area contributed by atoms with Crippen molar-refractivity contribution in [2.24, 2.45) is 5.73 Å². The Labute approximate surface area is 97.6 Å². The van der Waals surface area contributed by atoms with Crippen LogP contribution in [0.2, 0.25) is 0 Å². The van der Waals surface area contributed by atoms with Crippen molar-refractivity contribution in [3.05, 3.63) is 0 Å². The summed E-state index contributed by atoms with van der Waals surface area (Å²) in [5.74, 6) is 0.124. The molecule has 1 aliphatic carbocycles. The Bertz CT molecular complexity index is 251. The van der Waals surface area contributed by atoms with E-state index in [0.29, 0.717) is 18.6 Å². The second-order valence-corrected chi connectivity index (χ2v) is 5.07. The SMILES string of the molecule is CC1CCNC(=O)C(CN)N1C1CCCC1. The molecule has 1 saturated heterocycles. The summed E-state index contributed by atoms with van der Waals surface area (Å²) in [5.41, 5.74) is 5.78. The van der Waals surface area contributed by atoms with Crippen LogP contribution < -0.4 is 11.1 Å². The molecule has 0 aromatic carbocycles. The fourth-order valence-corrected chi connectivity index (χ4v) is 3.16. The van der Waals surface area contributed by atoms with Crippen molar-refractivity contribution in [3.8, 4) is 0 Å². The molecule has 2 fully saturated rings. The van der Waals surface area contributed by atoms with E-state index in [0.717, 1.165) is 13.0 Å². The van der Waals surface area contributed by atoms with Gasteiger partial charge >= 0.3 is 0 Å². The molecule has 1 aliphatic heterocycles. The monoisotopic (exact) mass is 225 g/mol. The van der Waals surface area contributed by atoms with Crippen LogP contribution in [0.3, 0.4) is 0 Å². The molecule has 92 valence electrons. The smallest absolute Gasteiger partial charge is 0.238 e. The predicted molar refractivity (Wildman–Crippen MR) is 64.0 cm³/mol. The molecule has 2 aliphatic rings. The number of carbonyl (C=O) groups excluding carboxylic acids is 1. The summed E-state index contributed by atoms with van der Waals surface area (Å²) in [7, 11) is 0. The zero-order valence-electron chi connectivity index (χ0n) is 10.1. The highest BCUT2D eigenvalue weighted by Gasteiger charge is 2.36. The zero-order chi connectivity index (χ0) is 11.5. The third-order valence-corrected chi connectivity index (χ3v) is 4.00. The van der Waals surface area contributed by atoms with E-state index >= 15 is 0 Å². The summed E-state index contributed by atoms with van der Waals surface area (Å²) >= 11 is 0. The van der Waals surface area contributed by atoms with Crippen molar-refractivity contribution in [3.63, 3.8) is 0 Å². The van der Waals surface area contributed by atoms with Gasteiger partial charge in [0.05, 0.1) is 0 Å². The van der Waals surface area contributed by atoms with Crippen molar-refractivity contribution in [2.75, 3.05) is 13.1 Å². The average molecular weight is 225 g/mol. The largest absolute Gasteiger partial charge is 0.355 e. The van der Waals surface area contributed by atoms with Crippen LogP contribution in [0, 0.1) is 0 Å². The molecule has 0 bridgehead atoms. The third-order valence-electron chi connectivity index (χ3n) is 4.00. The molecule has 2 rings (SSSR count). The minimum atomic E-state index is -0.111. The maximum Gasteiger partial charge on any atom is 0.238 e. The van der Waals surface area contributed by atoms with Crippen molar-refractivity contribution < 1.29 is 4.79 Å². The van der Waals surface area contributed by atoms with Crippen molar-refractivity contribution in [2.45, 2.75) is 57.2 Å². The summed E-state index contributed by atoms with van der Waals surface area (Å²) in [6.45, 7) is 3.45. The molecule has 0 radical (unpaired) electrons. The van der Waals surface area contributed by atoms with E-state index < -0.39 is 0 Å². The molecular formula is C12H23N3O. The number of hydrogen-bond acceptors (Lipinski definition) is 3. The van der Waals surface area contributed by atoms with Crippen LogP contribution in [0.4, 0.5) is 0 Å². The van der Waals surface area contributed by atoms with Gasteiger partial charge in [-0.05, 0) is 26.2 Å². The lowest BCUT2D eigenvalue weighted by atomic mass is 10.1. The normalized spacial score (nSPS) is 33.8. The highest BCUT2D eigenvalue weighted by molar-refractivity contribution is 5.82. The minimum absolute atomic E-state index is 0.111. The number of rotatable bonds is 2. The highest BCUT2D eigenvalue weighted by Crippen LogP contribution is 2.28. The number of carbonyl (C=O) groups is 1. The zero-order valence-corrected chi connectivity index (χ0v) is 10.1. The first kappa shape index (κ1) is 11.9. The molecule has 0 aromatic rings. The first-order valence-corrected chi connectivity index (χ1v) is 6.49. The van der Waals surface area contributed by atoms with E-state index in [1.807, 2.05) is 0 Å². The quantitative estimate of drug-likeness (QED) is 0.718. The van der Waals surface area contributed by atoms with Crippen LogP contribution in [0.25, 0.3) is 0 Å². The number of amides is 1. The van der Waals surface area contributed by atoms with Crippen LogP contribution in [0.1, 0.15) is 39.0 Å². The average Bonchev–Trinajstić information content (AvgIpc) is 2.73. The molecule has 16 heavy (non-hydrogen) atoms. The molecule has 3 N–H and O–H groups in total. The van der Waals surface area contributed by atoms with E-state index in [4.69, 9.17) is 5.73 Å². The second-order valence-electron chi connectivity index (χ2n) is 5.07. The van der Waals surface area contributed by atoms with Gasteiger partial charge in [-0.3, -0.25) is 9.69 Å². The molecule has 2 atom stereocenters.